The number of hydrogen-bond donors (Lipinski definition) is 3. The number of aromatic nitrogens is 5. The van der Waals surface area contributed by atoms with Crippen LogP contribution in [-0.4, -0.2) is 30.7 Å². The highest BCUT2D eigenvalue weighted by atomic mass is 19.3. The maximum atomic E-state index is 14.0. The van der Waals surface area contributed by atoms with Crippen molar-refractivity contribution in [3.05, 3.63) is 54.0 Å². The number of aromatic hydroxyl groups is 1. The number of nitrogens with one attached hydrogen (secondary N) is 2. The molecule has 0 aliphatic heterocycles. The highest BCUT2D eigenvalue weighted by Crippen LogP contribution is 2.30. The van der Waals surface area contributed by atoms with E-state index in [1.54, 1.807) is 24.3 Å². The summed E-state index contributed by atoms with van der Waals surface area (Å²) in [6.07, 6.45) is 0.888. The van der Waals surface area contributed by atoms with Crippen molar-refractivity contribution in [1.82, 2.24) is 25.6 Å². The van der Waals surface area contributed by atoms with E-state index in [0.717, 1.165) is 0 Å². The predicted octanol–water partition coefficient (Wildman–Crippen LogP) is 2.38. The van der Waals surface area contributed by atoms with Gasteiger partial charge in [-0.1, -0.05) is 12.1 Å². The fraction of sp³-hybridized carbons (Fsp3) is 0.143. The van der Waals surface area contributed by atoms with Crippen LogP contribution >= 0.6 is 0 Å². The molecule has 0 saturated heterocycles. The van der Waals surface area contributed by atoms with Gasteiger partial charge >= 0.3 is 5.92 Å². The molecule has 3 N–H and O–H groups in total. The van der Waals surface area contributed by atoms with Crippen LogP contribution < -0.4 is 5.32 Å². The minimum absolute atomic E-state index is 0.0583. The molecule has 2 heterocycles. The van der Waals surface area contributed by atoms with Crippen LogP contribution in [0, 0.1) is 0 Å². The summed E-state index contributed by atoms with van der Waals surface area (Å²) in [4.78, 5) is 4.03. The van der Waals surface area contributed by atoms with E-state index in [1.807, 2.05) is 0 Å². The Labute approximate surface area is 129 Å². The summed E-state index contributed by atoms with van der Waals surface area (Å²) >= 11 is 0. The van der Waals surface area contributed by atoms with Crippen LogP contribution in [0.4, 0.5) is 20.3 Å². The van der Waals surface area contributed by atoms with Gasteiger partial charge in [-0.3, -0.25) is 0 Å². The quantitative estimate of drug-likeness (QED) is 0.668. The van der Waals surface area contributed by atoms with Crippen molar-refractivity contribution in [3.8, 4) is 5.75 Å². The van der Waals surface area contributed by atoms with E-state index in [-0.39, 0.29) is 5.75 Å². The van der Waals surface area contributed by atoms with Gasteiger partial charge in [0.1, 0.15) is 11.6 Å². The number of hydrogen-bond acceptors (Lipinski definition) is 6. The zero-order valence-corrected chi connectivity index (χ0v) is 11.7. The molecular weight excluding hydrogens is 306 g/mol. The maximum absolute atomic E-state index is 14.0. The van der Waals surface area contributed by atoms with Gasteiger partial charge in [-0.25, -0.2) is 10.1 Å². The Morgan fingerprint density at radius 3 is 2.83 bits per heavy atom. The number of tetrazole rings is 1. The Hall–Kier alpha value is -3.10. The number of alkyl halides is 2. The Morgan fingerprint density at radius 2 is 2.09 bits per heavy atom. The number of nitrogens with zero attached hydrogens (tertiary/aromatic N) is 4. The van der Waals surface area contributed by atoms with E-state index in [1.165, 1.54) is 18.3 Å². The van der Waals surface area contributed by atoms with Gasteiger partial charge in [0, 0.05) is 24.4 Å². The molecule has 9 heteroatoms. The molecule has 0 fully saturated rings. The number of anilines is 2. The van der Waals surface area contributed by atoms with Crippen molar-refractivity contribution in [3.63, 3.8) is 0 Å². The van der Waals surface area contributed by atoms with Gasteiger partial charge in [0.15, 0.2) is 0 Å². The minimum Gasteiger partial charge on any atom is -0.508 e. The topological polar surface area (TPSA) is 99.6 Å². The molecule has 0 bridgehead atoms. The van der Waals surface area contributed by atoms with Crippen LogP contribution in [0.25, 0.3) is 0 Å². The van der Waals surface area contributed by atoms with E-state index >= 15 is 0 Å². The number of aromatic amines is 1. The molecule has 0 amide bonds. The summed E-state index contributed by atoms with van der Waals surface area (Å²) in [5.41, 5.74) is 0.976. The van der Waals surface area contributed by atoms with Gasteiger partial charge in [0.2, 0.25) is 5.82 Å². The van der Waals surface area contributed by atoms with E-state index in [2.05, 4.69) is 30.9 Å². The third-order valence-corrected chi connectivity index (χ3v) is 3.06. The smallest absolute Gasteiger partial charge is 0.311 e. The first kappa shape index (κ1) is 14.8. The molecule has 0 aliphatic carbocycles. The van der Waals surface area contributed by atoms with Crippen LogP contribution in [0.3, 0.4) is 0 Å². The van der Waals surface area contributed by atoms with E-state index in [4.69, 9.17) is 0 Å². The van der Waals surface area contributed by atoms with Crippen molar-refractivity contribution in [2.75, 3.05) is 5.32 Å². The highest BCUT2D eigenvalue weighted by Gasteiger charge is 2.35. The SMILES string of the molecule is Oc1ccnc(Nc2cccc(CC(F)(F)c3nnn[nH]3)c2)c1. The van der Waals surface area contributed by atoms with Gasteiger partial charge in [-0.2, -0.15) is 8.78 Å². The third kappa shape index (κ3) is 3.57. The monoisotopic (exact) mass is 318 g/mol. The molecular formula is C14H12F2N6O. The minimum atomic E-state index is -3.20. The van der Waals surface area contributed by atoms with Crippen LogP contribution in [0.5, 0.6) is 5.75 Å². The lowest BCUT2D eigenvalue weighted by Crippen LogP contribution is -2.19. The second-order valence-corrected chi connectivity index (χ2v) is 4.86. The Morgan fingerprint density at radius 1 is 1.22 bits per heavy atom. The first-order chi connectivity index (χ1) is 11.0. The summed E-state index contributed by atoms with van der Waals surface area (Å²) in [7, 11) is 0. The molecule has 0 unspecified atom stereocenters. The fourth-order valence-electron chi connectivity index (χ4n) is 2.05. The molecule has 0 saturated carbocycles. The average Bonchev–Trinajstić information content (AvgIpc) is 3.02. The molecule has 3 rings (SSSR count). The molecule has 0 atom stereocenters. The van der Waals surface area contributed by atoms with Gasteiger partial charge in [0.25, 0.3) is 0 Å². The highest BCUT2D eigenvalue weighted by molar-refractivity contribution is 5.58. The van der Waals surface area contributed by atoms with Gasteiger partial charge in [-0.05, 0) is 34.2 Å². The predicted molar refractivity (Wildman–Crippen MR) is 77.4 cm³/mol. The lowest BCUT2D eigenvalue weighted by atomic mass is 10.1. The average molecular weight is 318 g/mol. The van der Waals surface area contributed by atoms with Crippen LogP contribution in [0.15, 0.2) is 42.6 Å². The fourth-order valence-corrected chi connectivity index (χ4v) is 2.05. The van der Waals surface area contributed by atoms with Crippen molar-refractivity contribution < 1.29 is 13.9 Å². The van der Waals surface area contributed by atoms with Crippen LogP contribution in [0.2, 0.25) is 0 Å². The third-order valence-electron chi connectivity index (χ3n) is 3.06. The molecule has 0 aliphatic rings. The van der Waals surface area contributed by atoms with Crippen LogP contribution in [0.1, 0.15) is 11.4 Å². The maximum Gasteiger partial charge on any atom is 0.311 e. The van der Waals surface area contributed by atoms with E-state index in [0.29, 0.717) is 17.1 Å². The molecule has 2 aromatic heterocycles. The normalized spacial score (nSPS) is 11.4. The molecule has 118 valence electrons. The summed E-state index contributed by atoms with van der Waals surface area (Å²) in [6, 6.07) is 9.38. The van der Waals surface area contributed by atoms with Crippen molar-refractivity contribution in [1.29, 1.82) is 0 Å². The zero-order valence-electron chi connectivity index (χ0n) is 11.7. The van der Waals surface area contributed by atoms with E-state index < -0.39 is 18.2 Å². The van der Waals surface area contributed by atoms with Crippen molar-refractivity contribution in [2.24, 2.45) is 0 Å². The number of halogens is 2. The molecule has 3 aromatic rings. The van der Waals surface area contributed by atoms with E-state index in [9.17, 15) is 13.9 Å². The molecule has 7 nitrogen and oxygen atoms in total. The lowest BCUT2D eigenvalue weighted by Gasteiger charge is -2.13. The van der Waals surface area contributed by atoms with Gasteiger partial charge < -0.3 is 10.4 Å². The number of pyridine rings is 1. The number of H-pyrrole nitrogens is 1. The summed E-state index contributed by atoms with van der Waals surface area (Å²) in [5.74, 6) is -3.31. The standard InChI is InChI=1S/C14H12F2N6O/c15-14(16,13-19-21-22-20-13)8-9-2-1-3-10(6-9)18-12-7-11(23)4-5-17-12/h1-7H,8H2,(H2,17,18,23)(H,19,20,21,22). The molecule has 0 radical (unpaired) electrons. The van der Waals surface area contributed by atoms with Gasteiger partial charge in [-0.15, -0.1) is 5.10 Å². The number of benzene rings is 1. The van der Waals surface area contributed by atoms with Crippen LogP contribution in [-0.2, 0) is 12.3 Å². The molecule has 1 aromatic carbocycles. The molecule has 0 spiro atoms. The zero-order chi connectivity index (χ0) is 16.3. The second kappa shape index (κ2) is 5.95. The molecule has 23 heavy (non-hydrogen) atoms. The first-order valence-corrected chi connectivity index (χ1v) is 6.66. The summed E-state index contributed by atoms with van der Waals surface area (Å²) < 4.78 is 28.1. The Kier molecular flexibility index (Phi) is 3.83. The second-order valence-electron chi connectivity index (χ2n) is 4.86. The summed E-state index contributed by atoms with van der Waals surface area (Å²) in [5, 5.41) is 24.0. The first-order valence-electron chi connectivity index (χ1n) is 6.66. The Bertz CT molecular complexity index is 793. The van der Waals surface area contributed by atoms with Crippen molar-refractivity contribution in [2.45, 2.75) is 12.3 Å². The summed E-state index contributed by atoms with van der Waals surface area (Å²) in [6.45, 7) is 0. The number of rotatable bonds is 5. The largest absolute Gasteiger partial charge is 0.508 e. The lowest BCUT2D eigenvalue weighted by molar-refractivity contribution is -0.0131. The van der Waals surface area contributed by atoms with Gasteiger partial charge in [0.05, 0.1) is 0 Å². The van der Waals surface area contributed by atoms with Crippen molar-refractivity contribution >= 4 is 11.5 Å². The Balaban J connectivity index is 1.77.